The summed E-state index contributed by atoms with van der Waals surface area (Å²) in [6, 6.07) is 3.72. The summed E-state index contributed by atoms with van der Waals surface area (Å²) in [7, 11) is -3.10. The highest BCUT2D eigenvalue weighted by molar-refractivity contribution is 7.92. The molecule has 0 N–H and O–H groups in total. The molecule has 1 saturated carbocycles. The number of rotatable bonds is 2. The van der Waals surface area contributed by atoms with Gasteiger partial charge in [-0.3, -0.25) is 4.79 Å². The van der Waals surface area contributed by atoms with E-state index in [1.165, 1.54) is 0 Å². The van der Waals surface area contributed by atoms with Crippen LogP contribution in [0.4, 0.5) is 0 Å². The van der Waals surface area contributed by atoms with E-state index in [0.717, 1.165) is 12.2 Å². The average Bonchev–Trinajstić information content (AvgIpc) is 2.98. The predicted molar refractivity (Wildman–Crippen MR) is 74.0 cm³/mol. The lowest BCUT2D eigenvalue weighted by molar-refractivity contribution is -0.133. The standard InChI is InChI=1S/C14H19NO4S/c1-14(2)9-15(5-7-20(14,17)18)13(16)11-8-10(11)12-4-3-6-19-12/h3-4,6,10-11H,5,7-9H2,1-2H3/t10-,11+/m0/s1. The maximum atomic E-state index is 12.5. The van der Waals surface area contributed by atoms with Crippen LogP contribution in [0.1, 0.15) is 31.9 Å². The van der Waals surface area contributed by atoms with Crippen molar-refractivity contribution >= 4 is 15.7 Å². The van der Waals surface area contributed by atoms with Gasteiger partial charge >= 0.3 is 0 Å². The number of nitrogens with zero attached hydrogens (tertiary/aromatic N) is 1. The predicted octanol–water partition coefficient (Wildman–Crippen LogP) is 1.42. The Bertz CT molecular complexity index is 618. The Morgan fingerprint density at radius 2 is 2.20 bits per heavy atom. The lowest BCUT2D eigenvalue weighted by Crippen LogP contribution is -2.55. The van der Waals surface area contributed by atoms with E-state index in [4.69, 9.17) is 4.42 Å². The molecule has 2 fully saturated rings. The molecule has 0 unspecified atom stereocenters. The first-order valence-electron chi connectivity index (χ1n) is 6.86. The molecule has 110 valence electrons. The summed E-state index contributed by atoms with van der Waals surface area (Å²) in [4.78, 5) is 14.2. The van der Waals surface area contributed by atoms with Crippen molar-refractivity contribution in [3.8, 4) is 0 Å². The van der Waals surface area contributed by atoms with Crippen molar-refractivity contribution in [2.24, 2.45) is 5.92 Å². The van der Waals surface area contributed by atoms with Crippen molar-refractivity contribution in [2.75, 3.05) is 18.8 Å². The van der Waals surface area contributed by atoms with Crippen molar-refractivity contribution in [1.82, 2.24) is 4.90 Å². The Balaban J connectivity index is 1.68. The molecule has 6 heteroatoms. The smallest absolute Gasteiger partial charge is 0.226 e. The summed E-state index contributed by atoms with van der Waals surface area (Å²) >= 11 is 0. The van der Waals surface area contributed by atoms with Gasteiger partial charge in [0, 0.05) is 24.9 Å². The molecular formula is C14H19NO4S. The molecule has 2 aliphatic rings. The Hall–Kier alpha value is -1.30. The summed E-state index contributed by atoms with van der Waals surface area (Å²) in [5.74, 6) is 1.10. The second kappa shape index (κ2) is 4.35. The van der Waals surface area contributed by atoms with Crippen LogP contribution < -0.4 is 0 Å². The van der Waals surface area contributed by atoms with E-state index in [9.17, 15) is 13.2 Å². The Kier molecular flexibility index (Phi) is 2.97. The highest BCUT2D eigenvalue weighted by Gasteiger charge is 2.50. The normalized spacial score (nSPS) is 31.0. The molecule has 1 aliphatic carbocycles. The van der Waals surface area contributed by atoms with Crippen LogP contribution in [0.2, 0.25) is 0 Å². The van der Waals surface area contributed by atoms with Gasteiger partial charge < -0.3 is 9.32 Å². The summed E-state index contributed by atoms with van der Waals surface area (Å²) in [6.45, 7) is 3.98. The highest BCUT2D eigenvalue weighted by Crippen LogP contribution is 2.49. The second-order valence-corrected chi connectivity index (χ2v) is 9.05. The first kappa shape index (κ1) is 13.7. The summed E-state index contributed by atoms with van der Waals surface area (Å²) < 4.78 is 28.4. The quantitative estimate of drug-likeness (QED) is 0.828. The van der Waals surface area contributed by atoms with Crippen molar-refractivity contribution < 1.29 is 17.6 Å². The number of carbonyl (C=O) groups excluding carboxylic acids is 1. The molecule has 2 atom stereocenters. The first-order chi connectivity index (χ1) is 9.32. The van der Waals surface area contributed by atoms with Crippen LogP contribution >= 0.6 is 0 Å². The molecule has 0 aromatic carbocycles. The molecule has 20 heavy (non-hydrogen) atoms. The molecule has 5 nitrogen and oxygen atoms in total. The number of amides is 1. The molecule has 1 aromatic rings. The van der Waals surface area contributed by atoms with Crippen LogP contribution in [-0.2, 0) is 14.6 Å². The number of hydrogen-bond donors (Lipinski definition) is 0. The fourth-order valence-corrected chi connectivity index (χ4v) is 4.22. The maximum absolute atomic E-state index is 12.5. The van der Waals surface area contributed by atoms with Gasteiger partial charge in [0.25, 0.3) is 0 Å². The van der Waals surface area contributed by atoms with Crippen molar-refractivity contribution in [1.29, 1.82) is 0 Å². The maximum Gasteiger partial charge on any atom is 0.226 e. The lowest BCUT2D eigenvalue weighted by Gasteiger charge is -2.37. The van der Waals surface area contributed by atoms with Crippen LogP contribution in [0.15, 0.2) is 22.8 Å². The average molecular weight is 297 g/mol. The third-order valence-electron chi connectivity index (χ3n) is 4.37. The molecule has 1 aliphatic heterocycles. The van der Waals surface area contributed by atoms with Crippen LogP contribution in [0, 0.1) is 5.92 Å². The number of sulfone groups is 1. The lowest BCUT2D eigenvalue weighted by atomic mass is 10.1. The molecule has 0 radical (unpaired) electrons. The number of hydrogen-bond acceptors (Lipinski definition) is 4. The van der Waals surface area contributed by atoms with Gasteiger partial charge in [-0.1, -0.05) is 0 Å². The molecule has 3 rings (SSSR count). The molecule has 1 amide bonds. The summed E-state index contributed by atoms with van der Waals surface area (Å²) in [5, 5.41) is 0. The number of furan rings is 1. The molecule has 0 bridgehead atoms. The minimum absolute atomic E-state index is 0.0437. The Morgan fingerprint density at radius 1 is 1.45 bits per heavy atom. The van der Waals surface area contributed by atoms with Crippen molar-refractivity contribution in [2.45, 2.75) is 30.9 Å². The zero-order chi connectivity index (χ0) is 14.5. The molecule has 2 heterocycles. The van der Waals surface area contributed by atoms with E-state index in [-0.39, 0.29) is 30.0 Å². The topological polar surface area (TPSA) is 67.6 Å². The van der Waals surface area contributed by atoms with Crippen LogP contribution in [0.5, 0.6) is 0 Å². The van der Waals surface area contributed by atoms with E-state index in [1.54, 1.807) is 25.0 Å². The minimum atomic E-state index is -3.10. The van der Waals surface area contributed by atoms with Gasteiger partial charge in [0.15, 0.2) is 9.84 Å². The fourth-order valence-electron chi connectivity index (χ4n) is 2.85. The molecule has 1 aromatic heterocycles. The van der Waals surface area contributed by atoms with E-state index in [1.807, 2.05) is 12.1 Å². The van der Waals surface area contributed by atoms with E-state index in [0.29, 0.717) is 6.54 Å². The monoisotopic (exact) mass is 297 g/mol. The zero-order valence-corrected chi connectivity index (χ0v) is 12.5. The fraction of sp³-hybridized carbons (Fsp3) is 0.643. The molecular weight excluding hydrogens is 278 g/mol. The molecule has 0 spiro atoms. The van der Waals surface area contributed by atoms with Gasteiger partial charge in [-0.05, 0) is 32.4 Å². The van der Waals surface area contributed by atoms with Crippen LogP contribution in [0.25, 0.3) is 0 Å². The van der Waals surface area contributed by atoms with Gasteiger partial charge in [-0.25, -0.2) is 8.42 Å². The zero-order valence-electron chi connectivity index (χ0n) is 11.7. The minimum Gasteiger partial charge on any atom is -0.469 e. The first-order valence-corrected chi connectivity index (χ1v) is 8.51. The SMILES string of the molecule is CC1(C)CN(C(=O)[C@@H]2C[C@@H]2c2ccco2)CCS1(=O)=O. The summed E-state index contributed by atoms with van der Waals surface area (Å²) in [6.07, 6.45) is 2.42. The summed E-state index contributed by atoms with van der Waals surface area (Å²) in [5.41, 5.74) is 0. The van der Waals surface area contributed by atoms with Crippen molar-refractivity contribution in [3.63, 3.8) is 0 Å². The van der Waals surface area contributed by atoms with Gasteiger partial charge in [-0.15, -0.1) is 0 Å². The van der Waals surface area contributed by atoms with Crippen LogP contribution in [0.3, 0.4) is 0 Å². The van der Waals surface area contributed by atoms with Gasteiger partial charge in [-0.2, -0.15) is 0 Å². The van der Waals surface area contributed by atoms with E-state index in [2.05, 4.69) is 0 Å². The van der Waals surface area contributed by atoms with E-state index < -0.39 is 14.6 Å². The van der Waals surface area contributed by atoms with Gasteiger partial charge in [0.2, 0.25) is 5.91 Å². The molecule has 1 saturated heterocycles. The third kappa shape index (κ3) is 2.16. The highest BCUT2D eigenvalue weighted by atomic mass is 32.2. The van der Waals surface area contributed by atoms with E-state index >= 15 is 0 Å². The third-order valence-corrected chi connectivity index (χ3v) is 6.90. The Labute approximate surface area is 118 Å². The number of carbonyl (C=O) groups is 1. The van der Waals surface area contributed by atoms with Crippen LogP contribution in [-0.4, -0.2) is 42.8 Å². The second-order valence-electron chi connectivity index (χ2n) is 6.30. The largest absolute Gasteiger partial charge is 0.469 e. The Morgan fingerprint density at radius 3 is 2.80 bits per heavy atom. The van der Waals surface area contributed by atoms with Gasteiger partial charge in [0.1, 0.15) is 5.76 Å². The van der Waals surface area contributed by atoms with Gasteiger partial charge in [0.05, 0.1) is 16.8 Å². The van der Waals surface area contributed by atoms with Crippen molar-refractivity contribution in [3.05, 3.63) is 24.2 Å².